The van der Waals surface area contributed by atoms with Crippen molar-refractivity contribution in [1.82, 2.24) is 4.90 Å². The van der Waals surface area contributed by atoms with Gasteiger partial charge in [0.25, 0.3) is 0 Å². The van der Waals surface area contributed by atoms with Crippen LogP contribution in [0.1, 0.15) is 85.9 Å². The predicted molar refractivity (Wildman–Crippen MR) is 102 cm³/mol. The standard InChI is InChI=1S/C17H27N.2C2H6/c1-16(2,3)15-8-7-13-9-10-18(17(4,5)6)12-14(13)11-15;2*1-2/h7-8,11H,9-10,12H2,1-6H3;2*1-2H3. The van der Waals surface area contributed by atoms with Crippen LogP contribution in [0.5, 0.6) is 0 Å². The van der Waals surface area contributed by atoms with Gasteiger partial charge in [-0.05, 0) is 49.3 Å². The summed E-state index contributed by atoms with van der Waals surface area (Å²) >= 11 is 0. The highest BCUT2D eigenvalue weighted by Crippen LogP contribution is 2.29. The average molecular weight is 306 g/mol. The fourth-order valence-electron chi connectivity index (χ4n) is 2.60. The molecule has 128 valence electrons. The second-order valence-electron chi connectivity index (χ2n) is 7.58. The Hall–Kier alpha value is -0.820. The first-order valence-electron chi connectivity index (χ1n) is 9.05. The third-order valence-corrected chi connectivity index (χ3v) is 4.03. The molecule has 0 N–H and O–H groups in total. The van der Waals surface area contributed by atoms with Gasteiger partial charge < -0.3 is 0 Å². The van der Waals surface area contributed by atoms with Crippen LogP contribution in [0.4, 0.5) is 0 Å². The second-order valence-corrected chi connectivity index (χ2v) is 7.58. The fourth-order valence-corrected chi connectivity index (χ4v) is 2.60. The van der Waals surface area contributed by atoms with Gasteiger partial charge in [-0.3, -0.25) is 4.90 Å². The Kier molecular flexibility index (Phi) is 8.39. The van der Waals surface area contributed by atoms with Crippen LogP contribution >= 0.6 is 0 Å². The Labute approximate surface area is 140 Å². The summed E-state index contributed by atoms with van der Waals surface area (Å²) in [5.41, 5.74) is 5.05. The first-order chi connectivity index (χ1) is 10.2. The van der Waals surface area contributed by atoms with E-state index in [-0.39, 0.29) is 11.0 Å². The molecule has 1 aliphatic rings. The number of nitrogens with zero attached hydrogens (tertiary/aromatic N) is 1. The van der Waals surface area contributed by atoms with Crippen LogP contribution in [0.2, 0.25) is 0 Å². The third-order valence-electron chi connectivity index (χ3n) is 4.03. The quantitative estimate of drug-likeness (QED) is 0.552. The van der Waals surface area contributed by atoms with Crippen LogP contribution < -0.4 is 0 Å². The Balaban J connectivity index is 0.00000102. The number of benzene rings is 1. The van der Waals surface area contributed by atoms with Gasteiger partial charge in [0.05, 0.1) is 0 Å². The molecule has 22 heavy (non-hydrogen) atoms. The van der Waals surface area contributed by atoms with Crippen LogP contribution in [-0.4, -0.2) is 17.0 Å². The molecular formula is C21H39N. The zero-order valence-electron chi connectivity index (χ0n) is 16.8. The minimum atomic E-state index is 0.249. The summed E-state index contributed by atoms with van der Waals surface area (Å²) in [6.45, 7) is 24.1. The summed E-state index contributed by atoms with van der Waals surface area (Å²) in [5, 5.41) is 0. The van der Waals surface area contributed by atoms with Crippen LogP contribution in [-0.2, 0) is 18.4 Å². The summed E-state index contributed by atoms with van der Waals surface area (Å²) in [7, 11) is 0. The number of hydrogen-bond acceptors (Lipinski definition) is 1. The van der Waals surface area contributed by atoms with E-state index in [1.54, 1.807) is 5.56 Å². The van der Waals surface area contributed by atoms with Gasteiger partial charge in [0.15, 0.2) is 0 Å². The SMILES string of the molecule is CC.CC.CC(C)(C)c1ccc2c(c1)CN(C(C)(C)C)CC2. The zero-order chi connectivity index (χ0) is 17.6. The van der Waals surface area contributed by atoms with E-state index >= 15 is 0 Å². The molecule has 1 heteroatoms. The van der Waals surface area contributed by atoms with E-state index in [2.05, 4.69) is 64.6 Å². The molecule has 1 nitrogen and oxygen atoms in total. The molecule has 1 aromatic carbocycles. The number of hydrogen-bond donors (Lipinski definition) is 0. The van der Waals surface area contributed by atoms with Crippen molar-refractivity contribution in [2.24, 2.45) is 0 Å². The van der Waals surface area contributed by atoms with E-state index in [0.29, 0.717) is 0 Å². The van der Waals surface area contributed by atoms with Crippen molar-refractivity contribution >= 4 is 0 Å². The van der Waals surface area contributed by atoms with Gasteiger partial charge in [0.2, 0.25) is 0 Å². The molecule has 0 bridgehead atoms. The van der Waals surface area contributed by atoms with Gasteiger partial charge in [0, 0.05) is 18.6 Å². The Bertz CT molecular complexity index is 432. The third kappa shape index (κ3) is 5.76. The monoisotopic (exact) mass is 305 g/mol. The summed E-state index contributed by atoms with van der Waals surface area (Å²) in [6.07, 6.45) is 1.19. The lowest BCUT2D eigenvalue weighted by Crippen LogP contribution is -2.44. The molecule has 1 aliphatic heterocycles. The molecule has 0 saturated heterocycles. The minimum Gasteiger partial charge on any atom is -0.294 e. The highest BCUT2D eigenvalue weighted by Gasteiger charge is 2.26. The van der Waals surface area contributed by atoms with Gasteiger partial charge >= 0.3 is 0 Å². The molecule has 0 saturated carbocycles. The molecule has 0 aromatic heterocycles. The van der Waals surface area contributed by atoms with E-state index in [0.717, 1.165) is 6.54 Å². The van der Waals surface area contributed by atoms with Gasteiger partial charge in [-0.25, -0.2) is 0 Å². The maximum Gasteiger partial charge on any atom is 0.0241 e. The largest absolute Gasteiger partial charge is 0.294 e. The molecule has 0 fully saturated rings. The molecule has 1 heterocycles. The summed E-state index contributed by atoms with van der Waals surface area (Å²) in [5.74, 6) is 0. The lowest BCUT2D eigenvalue weighted by Gasteiger charge is -2.39. The number of fused-ring (bicyclic) bond motifs is 1. The zero-order valence-corrected chi connectivity index (χ0v) is 16.8. The van der Waals surface area contributed by atoms with Crippen molar-refractivity contribution in [2.75, 3.05) is 6.54 Å². The summed E-state index contributed by atoms with van der Waals surface area (Å²) < 4.78 is 0. The molecule has 2 rings (SSSR count). The Morgan fingerprint density at radius 2 is 1.36 bits per heavy atom. The van der Waals surface area contributed by atoms with E-state index < -0.39 is 0 Å². The molecule has 0 unspecified atom stereocenters. The summed E-state index contributed by atoms with van der Waals surface area (Å²) in [4.78, 5) is 2.59. The van der Waals surface area contributed by atoms with Crippen LogP contribution in [0, 0.1) is 0 Å². The minimum absolute atomic E-state index is 0.249. The van der Waals surface area contributed by atoms with Crippen molar-refractivity contribution in [3.63, 3.8) is 0 Å². The van der Waals surface area contributed by atoms with Crippen LogP contribution in [0.25, 0.3) is 0 Å². The normalized spacial score (nSPS) is 15.0. The number of rotatable bonds is 0. The Morgan fingerprint density at radius 1 is 0.818 bits per heavy atom. The van der Waals surface area contributed by atoms with Crippen LogP contribution in [0.15, 0.2) is 18.2 Å². The van der Waals surface area contributed by atoms with E-state index in [4.69, 9.17) is 0 Å². The van der Waals surface area contributed by atoms with Crippen LogP contribution in [0.3, 0.4) is 0 Å². The van der Waals surface area contributed by atoms with Crippen molar-refractivity contribution in [1.29, 1.82) is 0 Å². The Morgan fingerprint density at radius 3 is 1.82 bits per heavy atom. The molecule has 1 aromatic rings. The lowest BCUT2D eigenvalue weighted by molar-refractivity contribution is 0.120. The first-order valence-corrected chi connectivity index (χ1v) is 9.05. The van der Waals surface area contributed by atoms with E-state index in [1.165, 1.54) is 24.1 Å². The van der Waals surface area contributed by atoms with Gasteiger partial charge in [-0.2, -0.15) is 0 Å². The predicted octanol–water partition coefficient (Wildman–Crippen LogP) is 6.19. The fraction of sp³-hybridized carbons (Fsp3) is 0.714. The van der Waals surface area contributed by atoms with Gasteiger partial charge in [0.1, 0.15) is 0 Å². The lowest BCUT2D eigenvalue weighted by atomic mass is 9.83. The maximum atomic E-state index is 2.59. The molecule has 0 aliphatic carbocycles. The van der Waals surface area contributed by atoms with Gasteiger partial charge in [-0.15, -0.1) is 0 Å². The van der Waals surface area contributed by atoms with Crippen molar-refractivity contribution in [3.05, 3.63) is 34.9 Å². The molecule has 0 atom stereocenters. The van der Waals surface area contributed by atoms with E-state index in [9.17, 15) is 0 Å². The first kappa shape index (κ1) is 21.2. The van der Waals surface area contributed by atoms with Gasteiger partial charge in [-0.1, -0.05) is 66.7 Å². The summed E-state index contributed by atoms with van der Waals surface area (Å²) in [6, 6.07) is 7.08. The second kappa shape index (κ2) is 8.72. The molecule has 0 spiro atoms. The van der Waals surface area contributed by atoms with Crippen molar-refractivity contribution in [3.8, 4) is 0 Å². The topological polar surface area (TPSA) is 3.24 Å². The molecular weight excluding hydrogens is 266 g/mol. The highest BCUT2D eigenvalue weighted by atomic mass is 15.2. The smallest absolute Gasteiger partial charge is 0.0241 e. The van der Waals surface area contributed by atoms with Crippen molar-refractivity contribution in [2.45, 2.75) is 93.2 Å². The molecule has 0 amide bonds. The highest BCUT2D eigenvalue weighted by molar-refractivity contribution is 5.36. The molecule has 0 radical (unpaired) electrons. The maximum absolute atomic E-state index is 2.59. The average Bonchev–Trinajstić information content (AvgIpc) is 2.48. The van der Waals surface area contributed by atoms with E-state index in [1.807, 2.05) is 27.7 Å². The van der Waals surface area contributed by atoms with Crippen molar-refractivity contribution < 1.29 is 0 Å².